The molecule has 0 radical (unpaired) electrons. The summed E-state index contributed by atoms with van der Waals surface area (Å²) in [5.41, 5.74) is 0.572. The van der Waals surface area contributed by atoms with Crippen LogP contribution in [0.25, 0.3) is 0 Å². The lowest BCUT2D eigenvalue weighted by atomic mass is 10.1. The fourth-order valence-corrected chi connectivity index (χ4v) is 2.60. The largest absolute Gasteiger partial charge is 0.389 e. The SMILES string of the molecule is CCC(C)(O)CSCc1ccccc1Cl. The Bertz CT molecular complexity index is 312. The quantitative estimate of drug-likeness (QED) is 0.852. The zero-order valence-electron chi connectivity index (χ0n) is 9.16. The lowest BCUT2D eigenvalue weighted by Gasteiger charge is -2.20. The van der Waals surface area contributed by atoms with Crippen LogP contribution in [0.2, 0.25) is 5.02 Å². The first-order valence-corrected chi connectivity index (χ1v) is 6.62. The van der Waals surface area contributed by atoms with Gasteiger partial charge in [0.2, 0.25) is 0 Å². The van der Waals surface area contributed by atoms with Gasteiger partial charge in [-0.15, -0.1) is 0 Å². The van der Waals surface area contributed by atoms with E-state index < -0.39 is 5.60 Å². The Morgan fingerprint density at radius 2 is 2.07 bits per heavy atom. The zero-order valence-corrected chi connectivity index (χ0v) is 10.7. The number of rotatable bonds is 5. The minimum atomic E-state index is -0.564. The predicted octanol–water partition coefficient (Wildman–Crippen LogP) is 3.73. The highest BCUT2D eigenvalue weighted by Gasteiger charge is 2.17. The maximum atomic E-state index is 9.82. The average molecular weight is 245 g/mol. The molecule has 0 spiro atoms. The second-order valence-electron chi connectivity index (χ2n) is 3.93. The van der Waals surface area contributed by atoms with E-state index in [1.165, 1.54) is 0 Å². The fraction of sp³-hybridized carbons (Fsp3) is 0.500. The summed E-state index contributed by atoms with van der Waals surface area (Å²) in [5, 5.41) is 10.6. The Morgan fingerprint density at radius 3 is 2.67 bits per heavy atom. The van der Waals surface area contributed by atoms with Gasteiger partial charge in [-0.05, 0) is 25.0 Å². The molecule has 0 aliphatic heterocycles. The van der Waals surface area contributed by atoms with Crippen LogP contribution in [-0.4, -0.2) is 16.5 Å². The van der Waals surface area contributed by atoms with Gasteiger partial charge in [0.05, 0.1) is 5.60 Å². The first kappa shape index (κ1) is 12.9. The lowest BCUT2D eigenvalue weighted by molar-refractivity contribution is 0.0816. The van der Waals surface area contributed by atoms with Gasteiger partial charge in [0.1, 0.15) is 0 Å². The molecule has 0 aromatic heterocycles. The molecule has 1 aromatic carbocycles. The van der Waals surface area contributed by atoms with Crippen LogP contribution in [-0.2, 0) is 5.75 Å². The number of benzene rings is 1. The topological polar surface area (TPSA) is 20.2 Å². The zero-order chi connectivity index (χ0) is 11.3. The normalized spacial score (nSPS) is 14.9. The maximum absolute atomic E-state index is 9.82. The van der Waals surface area contributed by atoms with E-state index in [2.05, 4.69) is 0 Å². The van der Waals surface area contributed by atoms with Gasteiger partial charge >= 0.3 is 0 Å². The van der Waals surface area contributed by atoms with E-state index in [0.717, 1.165) is 28.5 Å². The van der Waals surface area contributed by atoms with Gasteiger partial charge in [0.15, 0.2) is 0 Å². The van der Waals surface area contributed by atoms with Crippen LogP contribution >= 0.6 is 23.4 Å². The van der Waals surface area contributed by atoms with Crippen molar-refractivity contribution in [2.75, 3.05) is 5.75 Å². The summed E-state index contributed by atoms with van der Waals surface area (Å²) in [6, 6.07) is 7.84. The smallest absolute Gasteiger partial charge is 0.0707 e. The fourth-order valence-electron chi connectivity index (χ4n) is 1.10. The molecule has 1 atom stereocenters. The van der Waals surface area contributed by atoms with Gasteiger partial charge in [-0.1, -0.05) is 36.7 Å². The molecule has 0 aliphatic carbocycles. The third-order valence-corrected chi connectivity index (χ3v) is 4.10. The van der Waals surface area contributed by atoms with Crippen molar-refractivity contribution >= 4 is 23.4 Å². The molecule has 1 unspecified atom stereocenters. The van der Waals surface area contributed by atoms with Crippen molar-refractivity contribution in [2.45, 2.75) is 31.6 Å². The van der Waals surface area contributed by atoms with Gasteiger partial charge in [-0.2, -0.15) is 11.8 Å². The summed E-state index contributed by atoms with van der Waals surface area (Å²) >= 11 is 7.75. The van der Waals surface area contributed by atoms with E-state index in [1.807, 2.05) is 38.1 Å². The molecule has 1 N–H and O–H groups in total. The second-order valence-corrected chi connectivity index (χ2v) is 5.33. The molecular formula is C12H17ClOS. The Labute approximate surface area is 101 Å². The highest BCUT2D eigenvalue weighted by molar-refractivity contribution is 7.98. The van der Waals surface area contributed by atoms with Crippen molar-refractivity contribution in [1.82, 2.24) is 0 Å². The molecule has 0 saturated carbocycles. The molecule has 15 heavy (non-hydrogen) atoms. The van der Waals surface area contributed by atoms with E-state index in [1.54, 1.807) is 11.8 Å². The number of thioether (sulfide) groups is 1. The molecule has 3 heteroatoms. The monoisotopic (exact) mass is 244 g/mol. The Balaban J connectivity index is 2.42. The first-order chi connectivity index (χ1) is 7.05. The summed E-state index contributed by atoms with van der Waals surface area (Å²) < 4.78 is 0. The van der Waals surface area contributed by atoms with Crippen LogP contribution in [0, 0.1) is 0 Å². The van der Waals surface area contributed by atoms with E-state index >= 15 is 0 Å². The predicted molar refractivity (Wildman–Crippen MR) is 68.5 cm³/mol. The van der Waals surface area contributed by atoms with Crippen molar-refractivity contribution in [2.24, 2.45) is 0 Å². The van der Waals surface area contributed by atoms with Gasteiger partial charge in [0, 0.05) is 16.5 Å². The maximum Gasteiger partial charge on any atom is 0.0707 e. The Hall–Kier alpha value is -0.180. The highest BCUT2D eigenvalue weighted by atomic mass is 35.5. The Kier molecular flexibility index (Phi) is 4.97. The summed E-state index contributed by atoms with van der Waals surface area (Å²) in [6.45, 7) is 3.86. The van der Waals surface area contributed by atoms with Crippen molar-refractivity contribution in [3.8, 4) is 0 Å². The molecule has 1 nitrogen and oxygen atoms in total. The molecular weight excluding hydrogens is 228 g/mol. The van der Waals surface area contributed by atoms with Crippen LogP contribution in [0.1, 0.15) is 25.8 Å². The van der Waals surface area contributed by atoms with Crippen molar-refractivity contribution < 1.29 is 5.11 Å². The van der Waals surface area contributed by atoms with Gasteiger partial charge < -0.3 is 5.11 Å². The molecule has 1 rings (SSSR count). The van der Waals surface area contributed by atoms with Crippen LogP contribution in [0.15, 0.2) is 24.3 Å². The molecule has 1 aromatic rings. The summed E-state index contributed by atoms with van der Waals surface area (Å²) in [7, 11) is 0. The molecule has 0 heterocycles. The highest BCUT2D eigenvalue weighted by Crippen LogP contribution is 2.24. The minimum Gasteiger partial charge on any atom is -0.389 e. The second kappa shape index (κ2) is 5.78. The van der Waals surface area contributed by atoms with Gasteiger partial charge in [-0.25, -0.2) is 0 Å². The van der Waals surface area contributed by atoms with Gasteiger partial charge in [0.25, 0.3) is 0 Å². The molecule has 0 aliphatic rings. The molecule has 0 amide bonds. The van der Waals surface area contributed by atoms with Crippen LogP contribution in [0.5, 0.6) is 0 Å². The van der Waals surface area contributed by atoms with Gasteiger partial charge in [-0.3, -0.25) is 0 Å². The first-order valence-electron chi connectivity index (χ1n) is 5.09. The number of aliphatic hydroxyl groups is 1. The minimum absolute atomic E-state index is 0.564. The van der Waals surface area contributed by atoms with Crippen LogP contribution in [0.3, 0.4) is 0 Å². The Morgan fingerprint density at radius 1 is 1.40 bits per heavy atom. The average Bonchev–Trinajstić information content (AvgIpc) is 2.21. The molecule has 0 saturated heterocycles. The van der Waals surface area contributed by atoms with Crippen LogP contribution < -0.4 is 0 Å². The lowest BCUT2D eigenvalue weighted by Crippen LogP contribution is -2.25. The van der Waals surface area contributed by atoms with Crippen molar-refractivity contribution in [1.29, 1.82) is 0 Å². The molecule has 0 fully saturated rings. The standard InChI is InChI=1S/C12H17ClOS/c1-3-12(2,14)9-15-8-10-6-4-5-7-11(10)13/h4-7,14H,3,8-9H2,1-2H3. The van der Waals surface area contributed by atoms with E-state index in [4.69, 9.17) is 11.6 Å². The number of hydrogen-bond donors (Lipinski definition) is 1. The van der Waals surface area contributed by atoms with Crippen molar-refractivity contribution in [3.05, 3.63) is 34.9 Å². The summed E-state index contributed by atoms with van der Waals surface area (Å²) in [5.74, 6) is 1.60. The summed E-state index contributed by atoms with van der Waals surface area (Å²) in [6.07, 6.45) is 0.780. The van der Waals surface area contributed by atoms with Crippen molar-refractivity contribution in [3.63, 3.8) is 0 Å². The van der Waals surface area contributed by atoms with E-state index in [-0.39, 0.29) is 0 Å². The molecule has 84 valence electrons. The third-order valence-electron chi connectivity index (χ3n) is 2.39. The van der Waals surface area contributed by atoms with E-state index in [0.29, 0.717) is 0 Å². The number of halogens is 1. The third kappa shape index (κ3) is 4.45. The number of hydrogen-bond acceptors (Lipinski definition) is 2. The summed E-state index contributed by atoms with van der Waals surface area (Å²) in [4.78, 5) is 0. The van der Waals surface area contributed by atoms with E-state index in [9.17, 15) is 5.11 Å². The van der Waals surface area contributed by atoms with Crippen LogP contribution in [0.4, 0.5) is 0 Å². The molecule has 0 bridgehead atoms.